The van der Waals surface area contributed by atoms with E-state index in [1.54, 1.807) is 11.3 Å². The van der Waals surface area contributed by atoms with Gasteiger partial charge < -0.3 is 10.2 Å². The predicted octanol–water partition coefficient (Wildman–Crippen LogP) is 3.92. The summed E-state index contributed by atoms with van der Waals surface area (Å²) in [5, 5.41) is 6.19. The van der Waals surface area contributed by atoms with Gasteiger partial charge in [-0.3, -0.25) is 9.59 Å². The van der Waals surface area contributed by atoms with Crippen molar-refractivity contribution in [1.82, 2.24) is 15.2 Å². The average molecular weight is 402 g/mol. The molecule has 1 aromatic heterocycles. The average Bonchev–Trinajstić information content (AvgIpc) is 3.21. The quantitative estimate of drug-likeness (QED) is 0.813. The van der Waals surface area contributed by atoms with E-state index in [2.05, 4.69) is 10.3 Å². The van der Waals surface area contributed by atoms with Crippen LogP contribution in [0.3, 0.4) is 0 Å². The summed E-state index contributed by atoms with van der Waals surface area (Å²) in [4.78, 5) is 32.4. The maximum Gasteiger partial charge on any atom is 0.226 e. The van der Waals surface area contributed by atoms with Crippen LogP contribution < -0.4 is 5.32 Å². The number of thiazole rings is 1. The molecule has 0 spiro atoms. The Morgan fingerprint density at radius 3 is 2.50 bits per heavy atom. The van der Waals surface area contributed by atoms with E-state index in [-0.39, 0.29) is 23.3 Å². The van der Waals surface area contributed by atoms with E-state index >= 15 is 0 Å². The third-order valence-electron chi connectivity index (χ3n) is 7.70. The molecule has 0 aromatic carbocycles. The molecule has 6 heteroatoms. The molecule has 0 radical (unpaired) electrons. The molecule has 1 unspecified atom stereocenters. The molecule has 1 saturated heterocycles. The summed E-state index contributed by atoms with van der Waals surface area (Å²) < 4.78 is 0. The minimum absolute atomic E-state index is 0.119. The summed E-state index contributed by atoms with van der Waals surface area (Å²) in [5.74, 6) is 2.70. The van der Waals surface area contributed by atoms with Crippen LogP contribution in [0.5, 0.6) is 0 Å². The highest BCUT2D eigenvalue weighted by Gasteiger charge is 2.54. The first-order valence-electron chi connectivity index (χ1n) is 11.1. The van der Waals surface area contributed by atoms with Gasteiger partial charge in [-0.15, -0.1) is 11.3 Å². The van der Waals surface area contributed by atoms with Crippen LogP contribution in [-0.4, -0.2) is 34.8 Å². The number of piperidine rings is 1. The summed E-state index contributed by atoms with van der Waals surface area (Å²) in [6.45, 7) is 1.28. The Kier molecular flexibility index (Phi) is 4.93. The maximum atomic E-state index is 13.1. The van der Waals surface area contributed by atoms with Crippen LogP contribution in [0.4, 0.5) is 0 Å². The highest BCUT2D eigenvalue weighted by molar-refractivity contribution is 7.09. The normalized spacial score (nSPS) is 36.5. The Hall–Kier alpha value is -1.43. The van der Waals surface area contributed by atoms with E-state index in [4.69, 9.17) is 0 Å². The summed E-state index contributed by atoms with van der Waals surface area (Å²) in [5.41, 5.74) is -0.119. The van der Waals surface area contributed by atoms with Crippen LogP contribution in [0.2, 0.25) is 0 Å². The Balaban J connectivity index is 1.16. The van der Waals surface area contributed by atoms with Crippen molar-refractivity contribution in [3.8, 4) is 0 Å². The zero-order valence-electron chi connectivity index (χ0n) is 16.6. The third kappa shape index (κ3) is 3.38. The van der Waals surface area contributed by atoms with Gasteiger partial charge in [0.1, 0.15) is 5.01 Å². The molecular formula is C22H31N3O2S. The number of carbonyl (C=O) groups is 2. The van der Waals surface area contributed by atoms with Gasteiger partial charge in [0.15, 0.2) is 0 Å². The second kappa shape index (κ2) is 7.43. The van der Waals surface area contributed by atoms with Gasteiger partial charge in [0.05, 0.1) is 6.04 Å². The number of nitrogens with zero attached hydrogens (tertiary/aromatic N) is 2. The van der Waals surface area contributed by atoms with E-state index < -0.39 is 0 Å². The lowest BCUT2D eigenvalue weighted by Gasteiger charge is -2.55. The van der Waals surface area contributed by atoms with Crippen molar-refractivity contribution in [2.24, 2.45) is 23.2 Å². The van der Waals surface area contributed by atoms with Gasteiger partial charge in [0, 0.05) is 36.5 Å². The van der Waals surface area contributed by atoms with Gasteiger partial charge in [0.2, 0.25) is 11.8 Å². The van der Waals surface area contributed by atoms with E-state index in [0.29, 0.717) is 13.0 Å². The Morgan fingerprint density at radius 2 is 1.86 bits per heavy atom. The number of nitrogens with one attached hydrogen (secondary N) is 1. The molecule has 1 aromatic rings. The molecule has 4 bridgehead atoms. The van der Waals surface area contributed by atoms with Crippen LogP contribution in [0, 0.1) is 23.2 Å². The summed E-state index contributed by atoms with van der Waals surface area (Å²) in [6, 6.07) is 0.125. The van der Waals surface area contributed by atoms with Crippen molar-refractivity contribution < 1.29 is 9.59 Å². The molecule has 2 heterocycles. The lowest BCUT2D eigenvalue weighted by molar-refractivity contribution is -0.146. The topological polar surface area (TPSA) is 62.3 Å². The number of rotatable bonds is 5. The third-order valence-corrected chi connectivity index (χ3v) is 8.58. The second-order valence-electron chi connectivity index (χ2n) is 9.67. The van der Waals surface area contributed by atoms with Crippen molar-refractivity contribution in [3.05, 3.63) is 16.6 Å². The fourth-order valence-corrected chi connectivity index (χ4v) is 7.67. The first kappa shape index (κ1) is 18.6. The fourth-order valence-electron chi connectivity index (χ4n) is 6.89. The van der Waals surface area contributed by atoms with Gasteiger partial charge in [-0.2, -0.15) is 0 Å². The smallest absolute Gasteiger partial charge is 0.226 e. The molecule has 152 valence electrons. The molecule has 4 saturated carbocycles. The Morgan fingerprint density at radius 1 is 1.14 bits per heavy atom. The summed E-state index contributed by atoms with van der Waals surface area (Å²) >= 11 is 1.64. The van der Waals surface area contributed by atoms with E-state index in [1.807, 2.05) is 16.5 Å². The Labute approximate surface area is 171 Å². The van der Waals surface area contributed by atoms with Crippen molar-refractivity contribution in [2.75, 3.05) is 13.1 Å². The number of amides is 2. The van der Waals surface area contributed by atoms with E-state index in [9.17, 15) is 9.59 Å². The SMILES string of the molecule is O=C(CCNC(=O)C12CC3CC(CC(C3)C1)C2)N1CCCCC1c1nccs1. The molecule has 5 nitrogen and oxygen atoms in total. The van der Waals surface area contributed by atoms with Crippen molar-refractivity contribution in [3.63, 3.8) is 0 Å². The standard InChI is InChI=1S/C22H31N3O2S/c26-19(25-7-2-1-3-18(25)20-23-6-8-28-20)4-5-24-21(27)22-12-15-9-16(13-22)11-17(10-15)14-22/h6,8,15-18H,1-5,7,9-14H2,(H,24,27). The summed E-state index contributed by atoms with van der Waals surface area (Å²) in [6.07, 6.45) is 12.7. The molecule has 1 N–H and O–H groups in total. The van der Waals surface area contributed by atoms with Crippen molar-refractivity contribution >= 4 is 23.2 Å². The molecule has 2 amide bonds. The first-order valence-corrected chi connectivity index (χ1v) is 12.0. The summed E-state index contributed by atoms with van der Waals surface area (Å²) in [7, 11) is 0. The zero-order valence-corrected chi connectivity index (χ0v) is 17.4. The minimum Gasteiger partial charge on any atom is -0.355 e. The van der Waals surface area contributed by atoms with Crippen LogP contribution in [-0.2, 0) is 9.59 Å². The minimum atomic E-state index is -0.119. The maximum absolute atomic E-state index is 13.1. The van der Waals surface area contributed by atoms with Gasteiger partial charge in [0.25, 0.3) is 0 Å². The van der Waals surface area contributed by atoms with Crippen molar-refractivity contribution in [2.45, 2.75) is 70.3 Å². The van der Waals surface area contributed by atoms with Gasteiger partial charge in [-0.05, 0) is 75.5 Å². The highest BCUT2D eigenvalue weighted by Crippen LogP contribution is 2.60. The molecule has 4 aliphatic carbocycles. The lowest BCUT2D eigenvalue weighted by Crippen LogP contribution is -2.54. The molecule has 1 aliphatic heterocycles. The van der Waals surface area contributed by atoms with Crippen molar-refractivity contribution in [1.29, 1.82) is 0 Å². The number of aromatic nitrogens is 1. The first-order chi connectivity index (χ1) is 13.6. The second-order valence-corrected chi connectivity index (χ2v) is 10.6. The van der Waals surface area contributed by atoms with Gasteiger partial charge in [-0.25, -0.2) is 4.98 Å². The molecule has 28 heavy (non-hydrogen) atoms. The van der Waals surface area contributed by atoms with Gasteiger partial charge >= 0.3 is 0 Å². The largest absolute Gasteiger partial charge is 0.355 e. The highest BCUT2D eigenvalue weighted by atomic mass is 32.1. The monoisotopic (exact) mass is 401 g/mol. The fraction of sp³-hybridized carbons (Fsp3) is 0.773. The number of hydrogen-bond acceptors (Lipinski definition) is 4. The van der Waals surface area contributed by atoms with E-state index in [1.165, 1.54) is 19.3 Å². The molecular weight excluding hydrogens is 370 g/mol. The number of carbonyl (C=O) groups excluding carboxylic acids is 2. The van der Waals surface area contributed by atoms with Crippen LogP contribution >= 0.6 is 11.3 Å². The van der Waals surface area contributed by atoms with Gasteiger partial charge in [-0.1, -0.05) is 0 Å². The van der Waals surface area contributed by atoms with Crippen LogP contribution in [0.15, 0.2) is 11.6 Å². The molecule has 6 rings (SSSR count). The Bertz CT molecular complexity index is 697. The molecule has 1 atom stereocenters. The number of likely N-dealkylation sites (tertiary alicyclic amines) is 1. The van der Waals surface area contributed by atoms with Crippen LogP contribution in [0.25, 0.3) is 0 Å². The molecule has 5 aliphatic rings. The molecule has 5 fully saturated rings. The zero-order chi connectivity index (χ0) is 19.1. The van der Waals surface area contributed by atoms with E-state index in [0.717, 1.165) is 67.8 Å². The lowest BCUT2D eigenvalue weighted by atomic mass is 9.49. The van der Waals surface area contributed by atoms with Crippen LogP contribution in [0.1, 0.15) is 75.3 Å². The predicted molar refractivity (Wildman–Crippen MR) is 109 cm³/mol. The number of hydrogen-bond donors (Lipinski definition) is 1.